The zero-order valence-corrected chi connectivity index (χ0v) is 16.7. The Morgan fingerprint density at radius 2 is 2.04 bits per heavy atom. The lowest BCUT2D eigenvalue weighted by atomic mass is 9.96. The second-order valence-corrected chi connectivity index (χ2v) is 7.86. The summed E-state index contributed by atoms with van der Waals surface area (Å²) in [5.41, 5.74) is 4.49. The van der Waals surface area contributed by atoms with E-state index in [1.165, 1.54) is 0 Å². The van der Waals surface area contributed by atoms with Crippen LogP contribution >= 0.6 is 11.6 Å². The number of rotatable bonds is 7. The molecule has 1 aromatic rings. The van der Waals surface area contributed by atoms with Crippen LogP contribution in [0.3, 0.4) is 0 Å². The lowest BCUT2D eigenvalue weighted by molar-refractivity contribution is -0.163. The number of carbonyl (C=O) groups excluding carboxylic acids is 2. The molecule has 2 atom stereocenters. The number of hydrogen-bond donors (Lipinski definition) is 1. The van der Waals surface area contributed by atoms with Crippen molar-refractivity contribution in [3.63, 3.8) is 0 Å². The van der Waals surface area contributed by atoms with Gasteiger partial charge in [-0.2, -0.15) is 0 Å². The van der Waals surface area contributed by atoms with Gasteiger partial charge >= 0.3 is 0 Å². The van der Waals surface area contributed by atoms with Gasteiger partial charge in [-0.1, -0.05) is 11.6 Å². The second kappa shape index (κ2) is 9.58. The molecular weight excluding hydrogens is 384 g/mol. The fourth-order valence-electron chi connectivity index (χ4n) is 3.66. The van der Waals surface area contributed by atoms with E-state index in [1.807, 2.05) is 0 Å². The Kier molecular flexibility index (Phi) is 7.15. The standard InChI is InChI=1S/C20H27ClN2O5/c21-15-4-6-16(7-5-15)27-14-20(12-18(22)24)13-23(8-10-28-20)19(25)11-17-3-1-2-9-26-17/h4-7,17H,1-3,8-14H2,(H2,22,24)/t17-,20-/m0/s1. The zero-order valence-electron chi connectivity index (χ0n) is 15.9. The lowest BCUT2D eigenvalue weighted by Gasteiger charge is -2.42. The molecule has 2 aliphatic heterocycles. The van der Waals surface area contributed by atoms with Gasteiger partial charge in [-0.15, -0.1) is 0 Å². The summed E-state index contributed by atoms with van der Waals surface area (Å²) in [6.45, 7) is 1.89. The highest BCUT2D eigenvalue weighted by Gasteiger charge is 2.41. The highest BCUT2D eigenvalue weighted by molar-refractivity contribution is 6.30. The van der Waals surface area contributed by atoms with E-state index in [4.69, 9.17) is 31.5 Å². The minimum atomic E-state index is -0.965. The van der Waals surface area contributed by atoms with Crippen molar-refractivity contribution >= 4 is 23.4 Å². The molecule has 0 saturated carbocycles. The number of nitrogens with two attached hydrogens (primary N) is 1. The minimum Gasteiger partial charge on any atom is -0.490 e. The van der Waals surface area contributed by atoms with Crippen LogP contribution in [0.25, 0.3) is 0 Å². The molecule has 0 aromatic heterocycles. The zero-order chi connectivity index (χ0) is 20.0. The summed E-state index contributed by atoms with van der Waals surface area (Å²) in [6.07, 6.45) is 3.34. The van der Waals surface area contributed by atoms with Gasteiger partial charge in [0, 0.05) is 18.2 Å². The smallest absolute Gasteiger partial charge is 0.225 e. The van der Waals surface area contributed by atoms with E-state index in [9.17, 15) is 9.59 Å². The fraction of sp³-hybridized carbons (Fsp3) is 0.600. The van der Waals surface area contributed by atoms with E-state index in [1.54, 1.807) is 29.2 Å². The van der Waals surface area contributed by atoms with E-state index in [-0.39, 0.29) is 31.6 Å². The molecule has 154 valence electrons. The average Bonchev–Trinajstić information content (AvgIpc) is 2.68. The third-order valence-corrected chi connectivity index (χ3v) is 5.34. The number of ether oxygens (including phenoxy) is 3. The first-order valence-corrected chi connectivity index (χ1v) is 10.0. The molecule has 0 bridgehead atoms. The van der Waals surface area contributed by atoms with Crippen LogP contribution in [0.5, 0.6) is 5.75 Å². The van der Waals surface area contributed by atoms with Crippen LogP contribution in [0, 0.1) is 0 Å². The Balaban J connectivity index is 1.64. The highest BCUT2D eigenvalue weighted by Crippen LogP contribution is 2.26. The average molecular weight is 411 g/mol. The molecule has 0 aliphatic carbocycles. The molecule has 28 heavy (non-hydrogen) atoms. The number of hydrogen-bond acceptors (Lipinski definition) is 5. The summed E-state index contributed by atoms with van der Waals surface area (Å²) >= 11 is 5.89. The molecule has 8 heteroatoms. The van der Waals surface area contributed by atoms with Gasteiger partial charge in [-0.3, -0.25) is 9.59 Å². The first-order valence-electron chi connectivity index (χ1n) is 9.66. The van der Waals surface area contributed by atoms with Crippen molar-refractivity contribution in [2.45, 2.75) is 43.8 Å². The number of primary amides is 1. The number of amides is 2. The summed E-state index contributed by atoms with van der Waals surface area (Å²) in [5, 5.41) is 0.606. The first-order chi connectivity index (χ1) is 13.5. The van der Waals surface area contributed by atoms with Crippen LogP contribution in [0.15, 0.2) is 24.3 Å². The number of halogens is 1. The predicted molar refractivity (Wildman–Crippen MR) is 104 cm³/mol. The fourth-order valence-corrected chi connectivity index (χ4v) is 3.78. The topological polar surface area (TPSA) is 91.1 Å². The quantitative estimate of drug-likeness (QED) is 0.743. The Bertz CT molecular complexity index is 678. The van der Waals surface area contributed by atoms with E-state index >= 15 is 0 Å². The van der Waals surface area contributed by atoms with Crippen molar-refractivity contribution in [1.29, 1.82) is 0 Å². The van der Waals surface area contributed by atoms with E-state index < -0.39 is 11.5 Å². The van der Waals surface area contributed by atoms with E-state index in [2.05, 4.69) is 0 Å². The van der Waals surface area contributed by atoms with Crippen LogP contribution in [0.2, 0.25) is 5.02 Å². The first kappa shape index (κ1) is 20.9. The Hall–Kier alpha value is -1.83. The lowest BCUT2D eigenvalue weighted by Crippen LogP contribution is -2.58. The van der Waals surface area contributed by atoms with Gasteiger partial charge in [0.1, 0.15) is 18.0 Å². The normalized spacial score (nSPS) is 25.3. The number of benzene rings is 1. The monoisotopic (exact) mass is 410 g/mol. The maximum Gasteiger partial charge on any atom is 0.225 e. The molecular formula is C20H27ClN2O5. The largest absolute Gasteiger partial charge is 0.490 e. The Labute approximate surface area is 170 Å². The summed E-state index contributed by atoms with van der Waals surface area (Å²) in [7, 11) is 0. The second-order valence-electron chi connectivity index (χ2n) is 7.43. The van der Waals surface area contributed by atoms with Gasteiger partial charge in [-0.05, 0) is 43.5 Å². The minimum absolute atomic E-state index is 0.00976. The van der Waals surface area contributed by atoms with Gasteiger partial charge in [0.15, 0.2) is 0 Å². The van der Waals surface area contributed by atoms with Crippen molar-refractivity contribution in [1.82, 2.24) is 4.90 Å². The van der Waals surface area contributed by atoms with E-state index in [0.717, 1.165) is 19.3 Å². The van der Waals surface area contributed by atoms with Gasteiger partial charge < -0.3 is 24.8 Å². The van der Waals surface area contributed by atoms with Crippen LogP contribution in [0.1, 0.15) is 32.1 Å². The van der Waals surface area contributed by atoms with Crippen molar-refractivity contribution < 1.29 is 23.8 Å². The summed E-state index contributed by atoms with van der Waals surface area (Å²) in [6, 6.07) is 6.93. The number of carbonyl (C=O) groups is 2. The van der Waals surface area contributed by atoms with Crippen molar-refractivity contribution in [2.75, 3.05) is 32.9 Å². The molecule has 3 rings (SSSR count). The third-order valence-electron chi connectivity index (χ3n) is 5.09. The maximum absolute atomic E-state index is 12.8. The van der Waals surface area contributed by atoms with E-state index in [0.29, 0.717) is 37.0 Å². The molecule has 2 N–H and O–H groups in total. The third kappa shape index (κ3) is 5.83. The van der Waals surface area contributed by atoms with Gasteiger partial charge in [0.25, 0.3) is 0 Å². The van der Waals surface area contributed by atoms with Gasteiger partial charge in [0.2, 0.25) is 11.8 Å². The number of morpholine rings is 1. The van der Waals surface area contributed by atoms with Crippen LogP contribution in [-0.4, -0.2) is 61.3 Å². The van der Waals surface area contributed by atoms with Crippen LogP contribution in [0.4, 0.5) is 0 Å². The molecule has 2 saturated heterocycles. The molecule has 1 aromatic carbocycles. The van der Waals surface area contributed by atoms with Crippen LogP contribution in [-0.2, 0) is 19.1 Å². The predicted octanol–water partition coefficient (Wildman–Crippen LogP) is 2.15. The molecule has 0 radical (unpaired) electrons. The van der Waals surface area contributed by atoms with Gasteiger partial charge in [0.05, 0.1) is 32.1 Å². The molecule has 2 aliphatic rings. The summed E-state index contributed by atoms with van der Waals surface area (Å²) < 4.78 is 17.4. The summed E-state index contributed by atoms with van der Waals surface area (Å²) in [5.74, 6) is 0.121. The van der Waals surface area contributed by atoms with Crippen LogP contribution < -0.4 is 10.5 Å². The summed E-state index contributed by atoms with van der Waals surface area (Å²) in [4.78, 5) is 26.2. The van der Waals surface area contributed by atoms with Crippen molar-refractivity contribution in [3.8, 4) is 5.75 Å². The highest BCUT2D eigenvalue weighted by atomic mass is 35.5. The van der Waals surface area contributed by atoms with Crippen molar-refractivity contribution in [3.05, 3.63) is 29.3 Å². The number of nitrogens with zero attached hydrogens (tertiary/aromatic N) is 1. The molecule has 2 amide bonds. The molecule has 2 heterocycles. The molecule has 7 nitrogen and oxygen atoms in total. The molecule has 2 fully saturated rings. The Morgan fingerprint density at radius 1 is 1.25 bits per heavy atom. The molecule has 0 unspecified atom stereocenters. The van der Waals surface area contributed by atoms with Gasteiger partial charge in [-0.25, -0.2) is 0 Å². The SMILES string of the molecule is NC(=O)C[C@@]1(COc2ccc(Cl)cc2)CN(C(=O)C[C@@H]2CCCCO2)CCO1. The van der Waals surface area contributed by atoms with Crippen molar-refractivity contribution in [2.24, 2.45) is 5.73 Å². The Morgan fingerprint density at radius 3 is 2.71 bits per heavy atom. The molecule has 0 spiro atoms. The maximum atomic E-state index is 12.8.